The van der Waals surface area contributed by atoms with Gasteiger partial charge in [0.25, 0.3) is 0 Å². The van der Waals surface area contributed by atoms with Gasteiger partial charge in [-0.05, 0) is 41.4 Å². The van der Waals surface area contributed by atoms with E-state index < -0.39 is 0 Å². The maximum absolute atomic E-state index is 5.93. The zero-order valence-electron chi connectivity index (χ0n) is 7.75. The smallest absolute Gasteiger partial charge is 0.141 e. The average molecular weight is 327 g/mol. The van der Waals surface area contributed by atoms with Crippen molar-refractivity contribution in [3.8, 4) is 0 Å². The van der Waals surface area contributed by atoms with Crippen LogP contribution in [0.15, 0.2) is 6.20 Å². The first-order chi connectivity index (χ1) is 6.75. The predicted molar refractivity (Wildman–Crippen MR) is 63.5 cm³/mol. The van der Waals surface area contributed by atoms with Crippen LogP contribution in [0, 0.1) is 9.62 Å². The van der Waals surface area contributed by atoms with Crippen molar-refractivity contribution in [2.24, 2.45) is 5.92 Å². The van der Waals surface area contributed by atoms with Crippen LogP contribution in [0.2, 0.25) is 5.02 Å². The summed E-state index contributed by atoms with van der Waals surface area (Å²) in [5, 5.41) is 5.08. The molecule has 1 aromatic heterocycles. The van der Waals surface area contributed by atoms with Gasteiger partial charge in [0.2, 0.25) is 0 Å². The van der Waals surface area contributed by atoms with Gasteiger partial charge < -0.3 is 4.74 Å². The first kappa shape index (κ1) is 10.7. The Morgan fingerprint density at radius 1 is 1.57 bits per heavy atom. The first-order valence-electron chi connectivity index (χ1n) is 4.72. The molecule has 0 aliphatic carbocycles. The van der Waals surface area contributed by atoms with Crippen molar-refractivity contribution < 1.29 is 4.74 Å². The third kappa shape index (κ3) is 2.61. The van der Waals surface area contributed by atoms with Gasteiger partial charge in [-0.1, -0.05) is 11.6 Å². The van der Waals surface area contributed by atoms with Gasteiger partial charge in [0.1, 0.15) is 3.70 Å². The number of hydrogen-bond acceptors (Lipinski definition) is 2. The van der Waals surface area contributed by atoms with Gasteiger partial charge in [0, 0.05) is 26.0 Å². The summed E-state index contributed by atoms with van der Waals surface area (Å²) in [6.45, 7) is 2.74. The highest BCUT2D eigenvalue weighted by Gasteiger charge is 2.15. The van der Waals surface area contributed by atoms with Gasteiger partial charge in [-0.3, -0.25) is 4.68 Å². The van der Waals surface area contributed by atoms with Crippen molar-refractivity contribution >= 4 is 34.2 Å². The van der Waals surface area contributed by atoms with Crippen molar-refractivity contribution in [2.75, 3.05) is 13.2 Å². The van der Waals surface area contributed by atoms with Crippen LogP contribution >= 0.6 is 34.2 Å². The van der Waals surface area contributed by atoms with Crippen molar-refractivity contribution in [1.29, 1.82) is 0 Å². The Hall–Kier alpha value is 0.190. The molecule has 0 saturated carbocycles. The normalized spacial score (nSPS) is 18.7. The minimum absolute atomic E-state index is 0.690. The third-order valence-electron chi connectivity index (χ3n) is 2.46. The molecule has 0 amide bonds. The van der Waals surface area contributed by atoms with Crippen LogP contribution in [0.5, 0.6) is 0 Å². The van der Waals surface area contributed by atoms with Crippen molar-refractivity contribution in [1.82, 2.24) is 9.78 Å². The molecule has 0 radical (unpaired) electrons. The van der Waals surface area contributed by atoms with E-state index in [1.54, 1.807) is 0 Å². The van der Waals surface area contributed by atoms with Crippen molar-refractivity contribution in [2.45, 2.75) is 19.4 Å². The standard InChI is InChI=1S/C9H12ClIN2O/c10-8-6-13(12-9(8)11)5-7-1-3-14-4-2-7/h6-7H,1-5H2. The summed E-state index contributed by atoms with van der Waals surface area (Å²) in [5.41, 5.74) is 0. The second-order valence-corrected chi connectivity index (χ2v) is 4.97. The molecule has 5 heteroatoms. The molecule has 0 N–H and O–H groups in total. The molecule has 1 aromatic rings. The fourth-order valence-electron chi connectivity index (χ4n) is 1.66. The quantitative estimate of drug-likeness (QED) is 0.781. The molecular weight excluding hydrogens is 314 g/mol. The molecule has 1 fully saturated rings. The van der Waals surface area contributed by atoms with Gasteiger partial charge in [-0.25, -0.2) is 0 Å². The molecule has 0 atom stereocenters. The maximum Gasteiger partial charge on any atom is 0.141 e. The van der Waals surface area contributed by atoms with Crippen molar-refractivity contribution in [3.63, 3.8) is 0 Å². The van der Waals surface area contributed by atoms with Crippen LogP contribution < -0.4 is 0 Å². The van der Waals surface area contributed by atoms with Gasteiger partial charge in [0.15, 0.2) is 0 Å². The number of aromatic nitrogens is 2. The zero-order valence-corrected chi connectivity index (χ0v) is 10.7. The molecule has 2 rings (SSSR count). The highest BCUT2D eigenvalue weighted by atomic mass is 127. The topological polar surface area (TPSA) is 27.1 Å². The number of halogens is 2. The second kappa shape index (κ2) is 4.81. The lowest BCUT2D eigenvalue weighted by atomic mass is 10.0. The largest absolute Gasteiger partial charge is 0.381 e. The molecule has 78 valence electrons. The second-order valence-electron chi connectivity index (χ2n) is 3.55. The van der Waals surface area contributed by atoms with E-state index >= 15 is 0 Å². The highest BCUT2D eigenvalue weighted by molar-refractivity contribution is 14.1. The summed E-state index contributed by atoms with van der Waals surface area (Å²) in [4.78, 5) is 0. The summed E-state index contributed by atoms with van der Waals surface area (Å²) in [6, 6.07) is 0. The van der Waals surface area contributed by atoms with E-state index in [0.29, 0.717) is 5.92 Å². The highest BCUT2D eigenvalue weighted by Crippen LogP contribution is 2.20. The monoisotopic (exact) mass is 326 g/mol. The summed E-state index contributed by atoms with van der Waals surface area (Å²) in [7, 11) is 0. The van der Waals surface area contributed by atoms with Crippen LogP contribution in [0.3, 0.4) is 0 Å². The Kier molecular flexibility index (Phi) is 3.67. The molecule has 2 heterocycles. The predicted octanol–water partition coefficient (Wildman–Crippen LogP) is 2.57. The summed E-state index contributed by atoms with van der Waals surface area (Å²) < 4.78 is 8.14. The van der Waals surface area contributed by atoms with E-state index in [4.69, 9.17) is 16.3 Å². The third-order valence-corrected chi connectivity index (χ3v) is 3.85. The van der Waals surface area contributed by atoms with Gasteiger partial charge in [-0.2, -0.15) is 5.10 Å². The molecule has 0 unspecified atom stereocenters. The fraction of sp³-hybridized carbons (Fsp3) is 0.667. The van der Waals surface area contributed by atoms with Gasteiger partial charge in [0.05, 0.1) is 5.02 Å². The Balaban J connectivity index is 1.95. The Labute approximate surface area is 102 Å². The van der Waals surface area contributed by atoms with E-state index in [0.717, 1.165) is 41.3 Å². The molecule has 0 spiro atoms. The lowest BCUT2D eigenvalue weighted by Crippen LogP contribution is -2.20. The molecule has 0 aromatic carbocycles. The van der Waals surface area contributed by atoms with E-state index in [9.17, 15) is 0 Å². The van der Waals surface area contributed by atoms with Gasteiger partial charge in [-0.15, -0.1) is 0 Å². The summed E-state index contributed by atoms with van der Waals surface area (Å²) in [6.07, 6.45) is 4.17. The molecule has 1 saturated heterocycles. The lowest BCUT2D eigenvalue weighted by molar-refractivity contribution is 0.0601. The Morgan fingerprint density at radius 3 is 2.86 bits per heavy atom. The molecular formula is C9H12ClIN2O. The van der Waals surface area contributed by atoms with Crippen LogP contribution in [0.25, 0.3) is 0 Å². The summed E-state index contributed by atoms with van der Waals surface area (Å²) in [5.74, 6) is 0.690. The van der Waals surface area contributed by atoms with Crippen LogP contribution in [0.4, 0.5) is 0 Å². The molecule has 3 nitrogen and oxygen atoms in total. The van der Waals surface area contributed by atoms with Crippen LogP contribution in [-0.4, -0.2) is 23.0 Å². The number of rotatable bonds is 2. The summed E-state index contributed by atoms with van der Waals surface area (Å²) >= 11 is 8.08. The molecule has 1 aliphatic heterocycles. The van der Waals surface area contributed by atoms with E-state index in [1.807, 2.05) is 10.9 Å². The average Bonchev–Trinajstić information content (AvgIpc) is 2.47. The number of hydrogen-bond donors (Lipinski definition) is 0. The van der Waals surface area contributed by atoms with E-state index in [1.165, 1.54) is 0 Å². The first-order valence-corrected chi connectivity index (χ1v) is 6.17. The molecule has 14 heavy (non-hydrogen) atoms. The van der Waals surface area contributed by atoms with E-state index in [-0.39, 0.29) is 0 Å². The van der Waals surface area contributed by atoms with Crippen LogP contribution in [-0.2, 0) is 11.3 Å². The lowest BCUT2D eigenvalue weighted by Gasteiger charge is -2.21. The van der Waals surface area contributed by atoms with Crippen LogP contribution in [0.1, 0.15) is 12.8 Å². The number of ether oxygens (including phenoxy) is 1. The number of nitrogens with zero attached hydrogens (tertiary/aromatic N) is 2. The molecule has 0 bridgehead atoms. The fourth-order valence-corrected chi connectivity index (χ4v) is 2.23. The minimum Gasteiger partial charge on any atom is -0.381 e. The molecule has 1 aliphatic rings. The zero-order chi connectivity index (χ0) is 9.97. The minimum atomic E-state index is 0.690. The van der Waals surface area contributed by atoms with Gasteiger partial charge >= 0.3 is 0 Å². The maximum atomic E-state index is 5.93. The SMILES string of the molecule is Clc1cn(CC2CCOCC2)nc1I. The van der Waals surface area contributed by atoms with E-state index in [2.05, 4.69) is 27.7 Å². The Morgan fingerprint density at radius 2 is 2.29 bits per heavy atom. The Bertz CT molecular complexity index is 290. The van der Waals surface area contributed by atoms with Crippen molar-refractivity contribution in [3.05, 3.63) is 14.9 Å².